The van der Waals surface area contributed by atoms with Crippen molar-refractivity contribution in [3.8, 4) is 6.01 Å². The normalized spacial score (nSPS) is 10.2. The van der Waals surface area contributed by atoms with Crippen LogP contribution < -0.4 is 9.64 Å². The van der Waals surface area contributed by atoms with Crippen LogP contribution in [0, 0.1) is 0 Å². The molecule has 8 nitrogen and oxygen atoms in total. The van der Waals surface area contributed by atoms with Crippen LogP contribution in [0.1, 0.15) is 0 Å². The van der Waals surface area contributed by atoms with Gasteiger partial charge in [-0.05, 0) is 11.6 Å². The summed E-state index contributed by atoms with van der Waals surface area (Å²) >= 11 is 5.70. The topological polar surface area (TPSA) is 97.7 Å². The zero-order valence-corrected chi connectivity index (χ0v) is 10.7. The van der Waals surface area contributed by atoms with Crippen molar-refractivity contribution in [3.05, 3.63) is 5.28 Å². The fourth-order valence-electron chi connectivity index (χ4n) is 1.17. The van der Waals surface area contributed by atoms with Gasteiger partial charge in [-0.2, -0.15) is 15.0 Å². The summed E-state index contributed by atoms with van der Waals surface area (Å²) in [6, 6.07) is 0.0257. The van der Waals surface area contributed by atoms with Crippen molar-refractivity contribution in [1.29, 1.82) is 0 Å². The predicted octanol–water partition coefficient (Wildman–Crippen LogP) is 0.0710. The molecule has 0 amide bonds. The molecule has 0 fully saturated rings. The van der Waals surface area contributed by atoms with Crippen molar-refractivity contribution in [1.82, 2.24) is 15.0 Å². The summed E-state index contributed by atoms with van der Waals surface area (Å²) < 4.78 is 9.74. The van der Waals surface area contributed by atoms with Gasteiger partial charge in [-0.25, -0.2) is 0 Å². The molecule has 1 aromatic heterocycles. The van der Waals surface area contributed by atoms with Crippen molar-refractivity contribution < 1.29 is 19.4 Å². The number of hydrogen-bond donors (Lipinski definition) is 1. The highest BCUT2D eigenvalue weighted by molar-refractivity contribution is 6.28. The minimum Gasteiger partial charge on any atom is -0.480 e. The van der Waals surface area contributed by atoms with Crippen LogP contribution in [0.3, 0.4) is 0 Å². The number of carboxylic acid groups (broad SMARTS) is 1. The summed E-state index contributed by atoms with van der Waals surface area (Å²) in [4.78, 5) is 23.7. The number of aromatic nitrogens is 3. The SMILES string of the molecule is COCCN(CC(=O)O)c1nc(Cl)nc(OC)n1. The van der Waals surface area contributed by atoms with E-state index in [0.717, 1.165) is 0 Å². The van der Waals surface area contributed by atoms with Gasteiger partial charge in [0.25, 0.3) is 0 Å². The number of nitrogens with zero attached hydrogens (tertiary/aromatic N) is 4. The Balaban J connectivity index is 2.95. The van der Waals surface area contributed by atoms with Gasteiger partial charge in [-0.3, -0.25) is 4.79 Å². The number of methoxy groups -OCH3 is 2. The lowest BCUT2D eigenvalue weighted by Crippen LogP contribution is -2.34. The first-order chi connectivity index (χ1) is 8.56. The van der Waals surface area contributed by atoms with Gasteiger partial charge >= 0.3 is 12.0 Å². The Kier molecular flexibility index (Phi) is 5.53. The third kappa shape index (κ3) is 4.30. The first-order valence-electron chi connectivity index (χ1n) is 4.98. The average molecular weight is 277 g/mol. The fraction of sp³-hybridized carbons (Fsp3) is 0.556. The number of carbonyl (C=O) groups is 1. The van der Waals surface area contributed by atoms with E-state index in [1.54, 1.807) is 0 Å². The standard InChI is InChI=1S/C9H13ClN4O4/c1-17-4-3-14(5-6(15)16)8-11-7(10)12-9(13-8)18-2/h3-5H2,1-2H3,(H,15,16). The van der Waals surface area contributed by atoms with E-state index in [9.17, 15) is 4.79 Å². The van der Waals surface area contributed by atoms with Crippen LogP contribution in [0.5, 0.6) is 6.01 Å². The smallest absolute Gasteiger partial charge is 0.323 e. The van der Waals surface area contributed by atoms with E-state index < -0.39 is 5.97 Å². The number of carboxylic acids is 1. The molecule has 1 N–H and O–H groups in total. The Morgan fingerprint density at radius 1 is 1.39 bits per heavy atom. The zero-order valence-electron chi connectivity index (χ0n) is 9.96. The van der Waals surface area contributed by atoms with Crippen LogP contribution in [0.4, 0.5) is 5.95 Å². The van der Waals surface area contributed by atoms with Crippen LogP contribution in [0.2, 0.25) is 5.28 Å². The molecule has 0 saturated heterocycles. The van der Waals surface area contributed by atoms with E-state index in [2.05, 4.69) is 15.0 Å². The van der Waals surface area contributed by atoms with E-state index in [-0.39, 0.29) is 23.8 Å². The molecular formula is C9H13ClN4O4. The van der Waals surface area contributed by atoms with Crippen molar-refractivity contribution in [2.75, 3.05) is 38.8 Å². The molecule has 0 aliphatic heterocycles. The number of hydrogen-bond acceptors (Lipinski definition) is 7. The average Bonchev–Trinajstić information content (AvgIpc) is 2.33. The molecule has 0 atom stereocenters. The number of aliphatic carboxylic acids is 1. The minimum atomic E-state index is -1.01. The van der Waals surface area contributed by atoms with Gasteiger partial charge in [-0.1, -0.05) is 0 Å². The van der Waals surface area contributed by atoms with Gasteiger partial charge in [0.15, 0.2) is 0 Å². The van der Waals surface area contributed by atoms with E-state index in [0.29, 0.717) is 13.2 Å². The number of ether oxygens (including phenoxy) is 2. The van der Waals surface area contributed by atoms with E-state index in [1.165, 1.54) is 19.1 Å². The van der Waals surface area contributed by atoms with Crippen LogP contribution in [0.25, 0.3) is 0 Å². The molecule has 0 spiro atoms. The molecule has 0 aliphatic carbocycles. The molecule has 1 aromatic rings. The van der Waals surface area contributed by atoms with Gasteiger partial charge in [0.05, 0.1) is 13.7 Å². The fourth-order valence-corrected chi connectivity index (χ4v) is 1.32. The van der Waals surface area contributed by atoms with E-state index >= 15 is 0 Å². The van der Waals surface area contributed by atoms with Gasteiger partial charge in [0, 0.05) is 13.7 Å². The Hall–Kier alpha value is -1.67. The van der Waals surface area contributed by atoms with E-state index in [1.807, 2.05) is 0 Å². The summed E-state index contributed by atoms with van der Waals surface area (Å²) in [5, 5.41) is 8.76. The second kappa shape index (κ2) is 6.92. The second-order valence-electron chi connectivity index (χ2n) is 3.20. The molecule has 0 radical (unpaired) electrons. The summed E-state index contributed by atoms with van der Waals surface area (Å²) in [6.07, 6.45) is 0. The van der Waals surface area contributed by atoms with Crippen LogP contribution in [0.15, 0.2) is 0 Å². The van der Waals surface area contributed by atoms with Crippen LogP contribution in [-0.4, -0.2) is 59.9 Å². The lowest BCUT2D eigenvalue weighted by atomic mass is 10.5. The van der Waals surface area contributed by atoms with Crippen molar-refractivity contribution in [2.45, 2.75) is 0 Å². The molecule has 9 heteroatoms. The van der Waals surface area contributed by atoms with Gasteiger partial charge in [0.2, 0.25) is 11.2 Å². The number of anilines is 1. The van der Waals surface area contributed by atoms with Crippen molar-refractivity contribution >= 4 is 23.5 Å². The maximum absolute atomic E-state index is 10.8. The third-order valence-electron chi connectivity index (χ3n) is 1.93. The second-order valence-corrected chi connectivity index (χ2v) is 3.54. The molecule has 0 aromatic carbocycles. The molecular weight excluding hydrogens is 264 g/mol. The maximum Gasteiger partial charge on any atom is 0.323 e. The predicted molar refractivity (Wildman–Crippen MR) is 63.1 cm³/mol. The van der Waals surface area contributed by atoms with Crippen molar-refractivity contribution in [2.24, 2.45) is 0 Å². The molecule has 18 heavy (non-hydrogen) atoms. The van der Waals surface area contributed by atoms with Crippen LogP contribution >= 0.6 is 11.6 Å². The summed E-state index contributed by atoms with van der Waals surface area (Å²) in [5.74, 6) is -0.882. The van der Waals surface area contributed by atoms with Gasteiger partial charge < -0.3 is 19.5 Å². The lowest BCUT2D eigenvalue weighted by Gasteiger charge is -2.20. The maximum atomic E-state index is 10.8. The van der Waals surface area contributed by atoms with E-state index in [4.69, 9.17) is 26.2 Å². The highest BCUT2D eigenvalue weighted by Gasteiger charge is 2.16. The Bertz CT molecular complexity index is 418. The molecule has 0 bridgehead atoms. The van der Waals surface area contributed by atoms with Gasteiger partial charge in [0.1, 0.15) is 6.54 Å². The quantitative estimate of drug-likeness (QED) is 0.747. The van der Waals surface area contributed by atoms with Gasteiger partial charge in [-0.15, -0.1) is 0 Å². The highest BCUT2D eigenvalue weighted by atomic mass is 35.5. The van der Waals surface area contributed by atoms with Crippen LogP contribution in [-0.2, 0) is 9.53 Å². The highest BCUT2D eigenvalue weighted by Crippen LogP contribution is 2.14. The Labute approximate surface area is 109 Å². The summed E-state index contributed by atoms with van der Waals surface area (Å²) in [6.45, 7) is 0.373. The largest absolute Gasteiger partial charge is 0.480 e. The Morgan fingerprint density at radius 2 is 2.11 bits per heavy atom. The third-order valence-corrected chi connectivity index (χ3v) is 2.10. The molecule has 100 valence electrons. The molecule has 0 aliphatic rings. The first kappa shape index (κ1) is 14.4. The zero-order chi connectivity index (χ0) is 13.5. The Morgan fingerprint density at radius 3 is 2.67 bits per heavy atom. The molecule has 0 saturated carbocycles. The minimum absolute atomic E-state index is 0.0257. The van der Waals surface area contributed by atoms with Crippen molar-refractivity contribution in [3.63, 3.8) is 0 Å². The molecule has 0 unspecified atom stereocenters. The first-order valence-corrected chi connectivity index (χ1v) is 5.36. The molecule has 1 rings (SSSR count). The lowest BCUT2D eigenvalue weighted by molar-refractivity contribution is -0.135. The number of rotatable bonds is 7. The summed E-state index contributed by atoms with van der Waals surface area (Å²) in [7, 11) is 2.89. The number of halogens is 1. The summed E-state index contributed by atoms with van der Waals surface area (Å²) in [5.41, 5.74) is 0. The molecule has 1 heterocycles. The monoisotopic (exact) mass is 276 g/mol.